The third-order valence-corrected chi connectivity index (χ3v) is 5.57. The SMILES string of the molecule is CN1C(=O)CCC(C(=O)NCCc2nncn2C2CC2)C1c1ccccc1. The highest BCUT2D eigenvalue weighted by Crippen LogP contribution is 2.36. The molecule has 2 unspecified atom stereocenters. The van der Waals surface area contributed by atoms with Crippen molar-refractivity contribution in [3.63, 3.8) is 0 Å². The number of hydrogen-bond donors (Lipinski definition) is 1. The summed E-state index contributed by atoms with van der Waals surface area (Å²) in [6.45, 7) is 0.528. The van der Waals surface area contributed by atoms with E-state index >= 15 is 0 Å². The van der Waals surface area contributed by atoms with E-state index in [0.717, 1.165) is 11.4 Å². The van der Waals surface area contributed by atoms with Gasteiger partial charge in [-0.25, -0.2) is 0 Å². The largest absolute Gasteiger partial charge is 0.355 e. The number of carbonyl (C=O) groups excluding carboxylic acids is 2. The van der Waals surface area contributed by atoms with E-state index in [0.29, 0.717) is 31.8 Å². The third kappa shape index (κ3) is 3.72. The Kier molecular flexibility index (Phi) is 4.92. The van der Waals surface area contributed by atoms with Crippen molar-refractivity contribution in [3.05, 3.63) is 48.0 Å². The number of hydrogen-bond acceptors (Lipinski definition) is 4. The molecule has 1 aromatic heterocycles. The minimum Gasteiger partial charge on any atom is -0.355 e. The van der Waals surface area contributed by atoms with Crippen LogP contribution in [0, 0.1) is 5.92 Å². The highest BCUT2D eigenvalue weighted by molar-refractivity contribution is 5.84. The zero-order valence-electron chi connectivity index (χ0n) is 15.5. The van der Waals surface area contributed by atoms with Crippen molar-refractivity contribution in [3.8, 4) is 0 Å². The molecule has 1 aliphatic heterocycles. The Hall–Kier alpha value is -2.70. The van der Waals surface area contributed by atoms with Crippen molar-refractivity contribution < 1.29 is 9.59 Å². The summed E-state index contributed by atoms with van der Waals surface area (Å²) < 4.78 is 2.12. The molecule has 7 nitrogen and oxygen atoms in total. The number of carbonyl (C=O) groups is 2. The van der Waals surface area contributed by atoms with Crippen LogP contribution >= 0.6 is 0 Å². The number of nitrogens with zero attached hydrogens (tertiary/aromatic N) is 4. The van der Waals surface area contributed by atoms with Gasteiger partial charge in [0, 0.05) is 32.5 Å². The first-order chi connectivity index (χ1) is 13.1. The minimum atomic E-state index is -0.239. The van der Waals surface area contributed by atoms with Crippen LogP contribution in [0.25, 0.3) is 0 Å². The zero-order valence-corrected chi connectivity index (χ0v) is 15.5. The van der Waals surface area contributed by atoms with E-state index in [1.165, 1.54) is 12.8 Å². The first kappa shape index (κ1) is 17.7. The third-order valence-electron chi connectivity index (χ3n) is 5.57. The maximum atomic E-state index is 12.9. The molecule has 0 bridgehead atoms. The summed E-state index contributed by atoms with van der Waals surface area (Å²) in [4.78, 5) is 26.8. The van der Waals surface area contributed by atoms with E-state index in [4.69, 9.17) is 0 Å². The predicted octanol–water partition coefficient (Wildman–Crippen LogP) is 1.88. The summed E-state index contributed by atoms with van der Waals surface area (Å²) >= 11 is 0. The van der Waals surface area contributed by atoms with Gasteiger partial charge in [-0.2, -0.15) is 0 Å². The van der Waals surface area contributed by atoms with Crippen LogP contribution < -0.4 is 5.32 Å². The van der Waals surface area contributed by atoms with Gasteiger partial charge in [0.15, 0.2) is 0 Å². The molecule has 1 aromatic carbocycles. The van der Waals surface area contributed by atoms with Crippen molar-refractivity contribution in [2.24, 2.45) is 5.92 Å². The van der Waals surface area contributed by atoms with Crippen molar-refractivity contribution in [1.82, 2.24) is 25.0 Å². The number of aromatic nitrogens is 3. The molecule has 1 saturated heterocycles. The second-order valence-corrected chi connectivity index (χ2v) is 7.43. The van der Waals surface area contributed by atoms with E-state index in [2.05, 4.69) is 20.1 Å². The maximum Gasteiger partial charge on any atom is 0.225 e. The van der Waals surface area contributed by atoms with Gasteiger partial charge < -0.3 is 14.8 Å². The molecule has 4 rings (SSSR count). The van der Waals surface area contributed by atoms with E-state index in [1.807, 2.05) is 30.3 Å². The minimum absolute atomic E-state index is 0.000639. The van der Waals surface area contributed by atoms with Gasteiger partial charge in [0.05, 0.1) is 12.0 Å². The molecule has 2 aromatic rings. The van der Waals surface area contributed by atoms with Crippen LogP contribution in [-0.2, 0) is 16.0 Å². The molecule has 7 heteroatoms. The number of benzene rings is 1. The molecular weight excluding hydrogens is 342 g/mol. The number of likely N-dealkylation sites (tertiary alicyclic amines) is 1. The average molecular weight is 367 g/mol. The predicted molar refractivity (Wildman–Crippen MR) is 99.7 cm³/mol. The molecule has 2 atom stereocenters. The number of nitrogens with one attached hydrogen (secondary N) is 1. The van der Waals surface area contributed by atoms with Gasteiger partial charge in [0.1, 0.15) is 12.2 Å². The van der Waals surface area contributed by atoms with Crippen LogP contribution in [0.1, 0.15) is 49.2 Å². The molecule has 2 aliphatic rings. The lowest BCUT2D eigenvalue weighted by Gasteiger charge is -2.38. The quantitative estimate of drug-likeness (QED) is 0.845. The highest BCUT2D eigenvalue weighted by Gasteiger charge is 2.38. The van der Waals surface area contributed by atoms with E-state index in [1.54, 1.807) is 18.3 Å². The smallest absolute Gasteiger partial charge is 0.225 e. The second-order valence-electron chi connectivity index (χ2n) is 7.43. The monoisotopic (exact) mass is 367 g/mol. The van der Waals surface area contributed by atoms with Crippen LogP contribution in [0.3, 0.4) is 0 Å². The summed E-state index contributed by atoms with van der Waals surface area (Å²) in [5.41, 5.74) is 1.00. The summed E-state index contributed by atoms with van der Waals surface area (Å²) in [7, 11) is 1.79. The van der Waals surface area contributed by atoms with Gasteiger partial charge in [0.2, 0.25) is 11.8 Å². The summed E-state index contributed by atoms with van der Waals surface area (Å²) in [6, 6.07) is 10.1. The van der Waals surface area contributed by atoms with E-state index < -0.39 is 0 Å². The lowest BCUT2D eigenvalue weighted by molar-refractivity contribution is -0.141. The topological polar surface area (TPSA) is 80.1 Å². The van der Waals surface area contributed by atoms with Crippen molar-refractivity contribution in [2.75, 3.05) is 13.6 Å². The fraction of sp³-hybridized carbons (Fsp3) is 0.500. The summed E-state index contributed by atoms with van der Waals surface area (Å²) in [5.74, 6) is 0.774. The van der Waals surface area contributed by atoms with Gasteiger partial charge in [-0.15, -0.1) is 10.2 Å². The molecule has 0 radical (unpaired) electrons. The van der Waals surface area contributed by atoms with Crippen molar-refractivity contribution >= 4 is 11.8 Å². The Labute approximate surface area is 158 Å². The Morgan fingerprint density at radius 3 is 2.74 bits per heavy atom. The average Bonchev–Trinajstić information content (AvgIpc) is 3.43. The second kappa shape index (κ2) is 7.50. The van der Waals surface area contributed by atoms with E-state index in [-0.39, 0.29) is 23.8 Å². The number of amides is 2. The van der Waals surface area contributed by atoms with E-state index in [9.17, 15) is 9.59 Å². The van der Waals surface area contributed by atoms with Gasteiger partial charge in [-0.05, 0) is 24.8 Å². The Morgan fingerprint density at radius 1 is 1.22 bits per heavy atom. The Balaban J connectivity index is 1.41. The maximum absolute atomic E-state index is 12.9. The zero-order chi connectivity index (χ0) is 18.8. The fourth-order valence-electron chi connectivity index (χ4n) is 3.95. The van der Waals surface area contributed by atoms with Crippen molar-refractivity contribution in [2.45, 2.75) is 44.2 Å². The van der Waals surface area contributed by atoms with Gasteiger partial charge >= 0.3 is 0 Å². The van der Waals surface area contributed by atoms with Crippen LogP contribution in [-0.4, -0.2) is 45.1 Å². The first-order valence-electron chi connectivity index (χ1n) is 9.62. The number of piperidine rings is 1. The Bertz CT molecular complexity index is 815. The van der Waals surface area contributed by atoms with Gasteiger partial charge in [-0.1, -0.05) is 30.3 Å². The first-order valence-corrected chi connectivity index (χ1v) is 9.62. The van der Waals surface area contributed by atoms with Crippen LogP contribution in [0.5, 0.6) is 0 Å². The molecule has 1 aliphatic carbocycles. The summed E-state index contributed by atoms with van der Waals surface area (Å²) in [5, 5.41) is 11.2. The molecular formula is C20H25N5O2. The molecule has 2 fully saturated rings. The number of rotatable bonds is 6. The van der Waals surface area contributed by atoms with Crippen LogP contribution in [0.2, 0.25) is 0 Å². The molecule has 142 valence electrons. The van der Waals surface area contributed by atoms with Crippen LogP contribution in [0.4, 0.5) is 0 Å². The molecule has 2 amide bonds. The molecule has 27 heavy (non-hydrogen) atoms. The molecule has 1 N–H and O–H groups in total. The lowest BCUT2D eigenvalue weighted by atomic mass is 9.84. The molecule has 1 saturated carbocycles. The normalized spacial score (nSPS) is 22.7. The van der Waals surface area contributed by atoms with Gasteiger partial charge in [-0.3, -0.25) is 9.59 Å². The standard InChI is InChI=1S/C20H25N5O2/c1-24-18(26)10-9-16(19(24)14-5-3-2-4-6-14)20(27)21-12-11-17-23-22-13-25(17)15-7-8-15/h2-6,13,15-16,19H,7-12H2,1H3,(H,21,27). The Morgan fingerprint density at radius 2 is 2.00 bits per heavy atom. The highest BCUT2D eigenvalue weighted by atomic mass is 16.2. The molecule has 0 spiro atoms. The van der Waals surface area contributed by atoms with Gasteiger partial charge in [0.25, 0.3) is 0 Å². The van der Waals surface area contributed by atoms with Crippen molar-refractivity contribution in [1.29, 1.82) is 0 Å². The van der Waals surface area contributed by atoms with Crippen LogP contribution in [0.15, 0.2) is 36.7 Å². The summed E-state index contributed by atoms with van der Waals surface area (Å²) in [6.07, 6.45) is 5.79. The molecule has 2 heterocycles. The lowest BCUT2D eigenvalue weighted by Crippen LogP contribution is -2.46. The fourth-order valence-corrected chi connectivity index (χ4v) is 3.95.